The number of allylic oxidation sites excluding steroid dienone is 2. The van der Waals surface area contributed by atoms with E-state index < -0.39 is 0 Å². The average molecular weight is 251 g/mol. The van der Waals surface area contributed by atoms with E-state index in [2.05, 4.69) is 12.1 Å². The second kappa shape index (κ2) is 4.58. The first-order chi connectivity index (χ1) is 6.86. The second-order valence-corrected chi connectivity index (χ2v) is 5.98. The van der Waals surface area contributed by atoms with Crippen LogP contribution in [0.2, 0.25) is 4.82 Å². The molecule has 1 atom stereocenters. The molecule has 2 heteroatoms. The van der Waals surface area contributed by atoms with E-state index in [1.165, 1.54) is 4.46 Å². The molecule has 14 heavy (non-hydrogen) atoms. The van der Waals surface area contributed by atoms with Crippen LogP contribution >= 0.6 is 0 Å². The molecule has 0 aliphatic heterocycles. The maximum absolute atomic E-state index is 11.5. The van der Waals surface area contributed by atoms with Crippen molar-refractivity contribution in [3.63, 3.8) is 0 Å². The van der Waals surface area contributed by atoms with Crippen molar-refractivity contribution in [3.05, 3.63) is 42.5 Å². The predicted octanol–water partition coefficient (Wildman–Crippen LogP) is 1.72. The van der Waals surface area contributed by atoms with Crippen molar-refractivity contribution < 1.29 is 4.79 Å². The molecule has 1 unspecified atom stereocenters. The predicted molar refractivity (Wildman–Crippen MR) is 59.0 cm³/mol. The van der Waals surface area contributed by atoms with Crippen molar-refractivity contribution in [1.82, 2.24) is 0 Å². The summed E-state index contributed by atoms with van der Waals surface area (Å²) in [5.41, 5.74) is 0. The van der Waals surface area contributed by atoms with Crippen LogP contribution in [0.5, 0.6) is 0 Å². The van der Waals surface area contributed by atoms with Gasteiger partial charge in [0.2, 0.25) is 0 Å². The Morgan fingerprint density at radius 1 is 1.21 bits per heavy atom. The summed E-state index contributed by atoms with van der Waals surface area (Å²) in [6, 6.07) is 10.3. The maximum atomic E-state index is 11.5. The molecule has 2 rings (SSSR count). The van der Waals surface area contributed by atoms with Crippen LogP contribution < -0.4 is 4.46 Å². The molecule has 0 amide bonds. The Morgan fingerprint density at radius 2 is 2.00 bits per heavy atom. The molecule has 0 saturated carbocycles. The van der Waals surface area contributed by atoms with E-state index in [4.69, 9.17) is 0 Å². The molecular weight excluding hydrogens is 239 g/mol. The molecular formula is C12H12OSe. The van der Waals surface area contributed by atoms with Gasteiger partial charge in [-0.15, -0.1) is 0 Å². The third-order valence-electron chi connectivity index (χ3n) is 2.22. The Kier molecular flexibility index (Phi) is 3.18. The number of benzene rings is 1. The molecule has 0 fully saturated rings. The SMILES string of the molecule is O=C1C=CCCC1[Se]c1ccccc1. The van der Waals surface area contributed by atoms with Crippen molar-refractivity contribution >= 4 is 25.2 Å². The Labute approximate surface area is 90.4 Å². The Balaban J connectivity index is 2.04. The molecule has 1 aliphatic carbocycles. The monoisotopic (exact) mass is 252 g/mol. The van der Waals surface area contributed by atoms with Crippen molar-refractivity contribution in [2.75, 3.05) is 0 Å². The average Bonchev–Trinajstić information content (AvgIpc) is 2.23. The first kappa shape index (κ1) is 9.69. The minimum absolute atomic E-state index is 0.273. The molecule has 0 saturated heterocycles. The number of ketones is 1. The Bertz CT molecular complexity index is 343. The summed E-state index contributed by atoms with van der Waals surface area (Å²) in [6.07, 6.45) is 5.83. The number of carbonyl (C=O) groups is 1. The van der Waals surface area contributed by atoms with Crippen LogP contribution in [0.25, 0.3) is 0 Å². The summed E-state index contributed by atoms with van der Waals surface area (Å²) in [5.74, 6) is 0.320. The zero-order valence-electron chi connectivity index (χ0n) is 7.85. The molecule has 0 spiro atoms. The van der Waals surface area contributed by atoms with Gasteiger partial charge in [0.1, 0.15) is 0 Å². The van der Waals surface area contributed by atoms with Crippen LogP contribution in [-0.2, 0) is 4.79 Å². The van der Waals surface area contributed by atoms with Gasteiger partial charge in [-0.25, -0.2) is 0 Å². The zero-order chi connectivity index (χ0) is 9.80. The fourth-order valence-corrected chi connectivity index (χ4v) is 3.77. The standard InChI is InChI=1S/C12H12OSe/c13-11-8-4-5-9-12(11)14-10-6-2-1-3-7-10/h1-4,6-8,12H,5,9H2. The summed E-state index contributed by atoms with van der Waals surface area (Å²) >= 11 is 0.309. The van der Waals surface area contributed by atoms with Gasteiger partial charge < -0.3 is 0 Å². The van der Waals surface area contributed by atoms with Crippen LogP contribution in [0.3, 0.4) is 0 Å². The molecule has 1 aromatic carbocycles. The van der Waals surface area contributed by atoms with E-state index in [9.17, 15) is 4.79 Å². The number of carbonyl (C=O) groups excluding carboxylic acids is 1. The van der Waals surface area contributed by atoms with Crippen molar-refractivity contribution in [1.29, 1.82) is 0 Å². The van der Waals surface area contributed by atoms with E-state index in [0.717, 1.165) is 12.8 Å². The van der Waals surface area contributed by atoms with E-state index in [1.807, 2.05) is 24.3 Å². The summed E-state index contributed by atoms with van der Waals surface area (Å²) in [6.45, 7) is 0. The molecule has 1 aliphatic rings. The molecule has 0 heterocycles. The van der Waals surface area contributed by atoms with E-state index >= 15 is 0 Å². The van der Waals surface area contributed by atoms with Crippen molar-refractivity contribution in [2.45, 2.75) is 17.7 Å². The normalized spacial score (nSPS) is 21.1. The Morgan fingerprint density at radius 3 is 2.71 bits per heavy atom. The van der Waals surface area contributed by atoms with Gasteiger partial charge in [0.15, 0.2) is 0 Å². The molecule has 0 N–H and O–H groups in total. The van der Waals surface area contributed by atoms with Gasteiger partial charge in [-0.1, -0.05) is 0 Å². The van der Waals surface area contributed by atoms with Gasteiger partial charge >= 0.3 is 90.1 Å². The van der Waals surface area contributed by atoms with Crippen molar-refractivity contribution in [3.8, 4) is 0 Å². The quantitative estimate of drug-likeness (QED) is 0.731. The molecule has 1 nitrogen and oxygen atoms in total. The summed E-state index contributed by atoms with van der Waals surface area (Å²) in [4.78, 5) is 11.8. The number of hydrogen-bond acceptors (Lipinski definition) is 1. The van der Waals surface area contributed by atoms with Crippen LogP contribution in [0.15, 0.2) is 42.5 Å². The van der Waals surface area contributed by atoms with Gasteiger partial charge in [-0.05, 0) is 0 Å². The molecule has 1 aromatic rings. The van der Waals surface area contributed by atoms with Crippen LogP contribution in [0.1, 0.15) is 12.8 Å². The summed E-state index contributed by atoms with van der Waals surface area (Å²) in [7, 11) is 0. The summed E-state index contributed by atoms with van der Waals surface area (Å²) in [5, 5.41) is 0. The Hall–Kier alpha value is -0.851. The third-order valence-corrected chi connectivity index (χ3v) is 4.94. The second-order valence-electron chi connectivity index (χ2n) is 3.30. The minimum atomic E-state index is 0.273. The zero-order valence-corrected chi connectivity index (χ0v) is 9.56. The van der Waals surface area contributed by atoms with E-state index in [0.29, 0.717) is 20.7 Å². The van der Waals surface area contributed by atoms with Crippen molar-refractivity contribution in [2.24, 2.45) is 0 Å². The fraction of sp³-hybridized carbons (Fsp3) is 0.250. The van der Waals surface area contributed by atoms with Gasteiger partial charge in [0.25, 0.3) is 0 Å². The van der Waals surface area contributed by atoms with Crippen LogP contribution in [0.4, 0.5) is 0 Å². The first-order valence-electron chi connectivity index (χ1n) is 4.78. The molecule has 72 valence electrons. The van der Waals surface area contributed by atoms with E-state index in [-0.39, 0.29) is 4.82 Å². The molecule has 0 bridgehead atoms. The van der Waals surface area contributed by atoms with Crippen LogP contribution in [0, 0.1) is 0 Å². The van der Waals surface area contributed by atoms with Gasteiger partial charge in [0, 0.05) is 0 Å². The van der Waals surface area contributed by atoms with Gasteiger partial charge in [0.05, 0.1) is 0 Å². The topological polar surface area (TPSA) is 17.1 Å². The van der Waals surface area contributed by atoms with Gasteiger partial charge in [-0.2, -0.15) is 0 Å². The molecule has 0 radical (unpaired) electrons. The number of rotatable bonds is 2. The fourth-order valence-electron chi connectivity index (χ4n) is 1.48. The molecule has 0 aromatic heterocycles. The van der Waals surface area contributed by atoms with Crippen LogP contribution in [-0.4, -0.2) is 20.7 Å². The van der Waals surface area contributed by atoms with E-state index in [1.54, 1.807) is 6.08 Å². The third kappa shape index (κ3) is 2.34. The first-order valence-corrected chi connectivity index (χ1v) is 6.63. The van der Waals surface area contributed by atoms with Gasteiger partial charge in [-0.3, -0.25) is 0 Å². The number of hydrogen-bond donors (Lipinski definition) is 0. The summed E-state index contributed by atoms with van der Waals surface area (Å²) < 4.78 is 1.33.